The number of hydrogen-bond donors (Lipinski definition) is 1. The molecule has 1 N–H and O–H groups in total. The Labute approximate surface area is 144 Å². The highest BCUT2D eigenvalue weighted by Crippen LogP contribution is 2.16. The van der Waals surface area contributed by atoms with Crippen molar-refractivity contribution in [2.45, 2.75) is 39.8 Å². The smallest absolute Gasteiger partial charge is 0.133 e. The van der Waals surface area contributed by atoms with Gasteiger partial charge < -0.3 is 4.90 Å². The summed E-state index contributed by atoms with van der Waals surface area (Å²) < 4.78 is 1.94. The first-order valence-electron chi connectivity index (χ1n) is 8.88. The first-order valence-corrected chi connectivity index (χ1v) is 8.88. The minimum absolute atomic E-state index is 0.462. The second-order valence-corrected chi connectivity index (χ2v) is 7.39. The summed E-state index contributed by atoms with van der Waals surface area (Å²) in [5.41, 5.74) is 2.87. The minimum Gasteiger partial charge on any atom is -0.304 e. The van der Waals surface area contributed by atoms with E-state index in [9.17, 15) is 0 Å². The Kier molecular flexibility index (Phi) is 5.30. The Morgan fingerprint density at radius 1 is 1.12 bits per heavy atom. The molecule has 1 aliphatic heterocycles. The summed E-state index contributed by atoms with van der Waals surface area (Å²) in [6.45, 7) is 12.1. The van der Waals surface area contributed by atoms with Gasteiger partial charge in [0.05, 0.1) is 12.7 Å². The van der Waals surface area contributed by atoms with Crippen LogP contribution in [0.2, 0.25) is 0 Å². The van der Waals surface area contributed by atoms with Gasteiger partial charge in [0.25, 0.3) is 0 Å². The number of nitrogens with zero attached hydrogens (tertiary/aromatic N) is 6. The molecule has 1 unspecified atom stereocenters. The average Bonchev–Trinajstić information content (AvgIpc) is 3.16. The molecular weight excluding hydrogens is 302 g/mol. The van der Waals surface area contributed by atoms with E-state index in [1.165, 1.54) is 0 Å². The van der Waals surface area contributed by atoms with Gasteiger partial charge in [-0.25, -0.2) is 0 Å². The third-order valence-corrected chi connectivity index (χ3v) is 4.67. The molecule has 3 rings (SSSR count). The number of piperazine rings is 1. The van der Waals surface area contributed by atoms with E-state index in [1.54, 1.807) is 0 Å². The van der Waals surface area contributed by atoms with Crippen LogP contribution in [0.5, 0.6) is 0 Å². The van der Waals surface area contributed by atoms with E-state index >= 15 is 0 Å². The molecule has 0 aliphatic carbocycles. The number of hydrogen-bond acceptors (Lipinski definition) is 5. The lowest BCUT2D eigenvalue weighted by Crippen LogP contribution is -2.49. The maximum Gasteiger partial charge on any atom is 0.133 e. The maximum atomic E-state index is 4.37. The number of aromatic nitrogens is 5. The highest BCUT2D eigenvalue weighted by Gasteiger charge is 2.20. The maximum absolute atomic E-state index is 4.37. The molecule has 0 amide bonds. The summed E-state index contributed by atoms with van der Waals surface area (Å²) in [6, 6.07) is 2.54. The van der Waals surface area contributed by atoms with Gasteiger partial charge in [-0.3, -0.25) is 14.7 Å². The predicted molar refractivity (Wildman–Crippen MR) is 94.7 cm³/mol. The molecule has 3 heterocycles. The fourth-order valence-electron chi connectivity index (χ4n) is 3.19. The lowest BCUT2D eigenvalue weighted by molar-refractivity contribution is 0.108. The van der Waals surface area contributed by atoms with Crippen LogP contribution in [0.3, 0.4) is 0 Å². The number of rotatable bonds is 6. The molecule has 0 radical (unpaired) electrons. The number of H-pyrrole nitrogens is 1. The molecular formula is C17H29N7. The Morgan fingerprint density at radius 2 is 1.88 bits per heavy atom. The van der Waals surface area contributed by atoms with E-state index in [2.05, 4.69) is 64.2 Å². The Hall–Kier alpha value is -1.73. The molecule has 1 aliphatic rings. The fourth-order valence-corrected chi connectivity index (χ4v) is 3.19. The highest BCUT2D eigenvalue weighted by molar-refractivity contribution is 5.52. The Bertz CT molecular complexity index is 637. The summed E-state index contributed by atoms with van der Waals surface area (Å²) in [6.07, 6.45) is 3.00. The van der Waals surface area contributed by atoms with Crippen LogP contribution in [0.4, 0.5) is 0 Å². The largest absolute Gasteiger partial charge is 0.304 e. The molecule has 2 aromatic heterocycles. The lowest BCUT2D eigenvalue weighted by atomic mass is 10.1. The molecule has 2 aromatic rings. The molecule has 0 saturated carbocycles. The standard InChI is InChI=1S/C17H29N7/c1-13(2)9-15-10-16(19-18-15)17-12-24(21-20-17)11-14(3)23-7-5-22(4)6-8-23/h10,12-14H,5-9,11H2,1-4H3,(H,18,19). The van der Waals surface area contributed by atoms with Crippen LogP contribution in [-0.2, 0) is 13.0 Å². The lowest BCUT2D eigenvalue weighted by Gasteiger charge is -2.36. The quantitative estimate of drug-likeness (QED) is 0.869. The summed E-state index contributed by atoms with van der Waals surface area (Å²) in [4.78, 5) is 4.90. The summed E-state index contributed by atoms with van der Waals surface area (Å²) in [7, 11) is 2.18. The van der Waals surface area contributed by atoms with E-state index in [1.807, 2.05) is 10.9 Å². The summed E-state index contributed by atoms with van der Waals surface area (Å²) >= 11 is 0. The monoisotopic (exact) mass is 331 g/mol. The van der Waals surface area contributed by atoms with Crippen molar-refractivity contribution >= 4 is 0 Å². The summed E-state index contributed by atoms with van der Waals surface area (Å²) in [5.74, 6) is 0.610. The second kappa shape index (κ2) is 7.44. The molecule has 1 saturated heterocycles. The van der Waals surface area contributed by atoms with Crippen LogP contribution in [0.1, 0.15) is 26.5 Å². The Morgan fingerprint density at radius 3 is 2.58 bits per heavy atom. The first-order chi connectivity index (χ1) is 11.5. The molecule has 24 heavy (non-hydrogen) atoms. The molecule has 0 spiro atoms. The van der Waals surface area contributed by atoms with Crippen LogP contribution in [0.15, 0.2) is 12.3 Å². The van der Waals surface area contributed by atoms with Gasteiger partial charge in [0.2, 0.25) is 0 Å². The first kappa shape index (κ1) is 17.1. The van der Waals surface area contributed by atoms with Crippen LogP contribution in [0, 0.1) is 5.92 Å². The third-order valence-electron chi connectivity index (χ3n) is 4.67. The van der Waals surface area contributed by atoms with Crippen LogP contribution in [0.25, 0.3) is 11.4 Å². The van der Waals surface area contributed by atoms with Gasteiger partial charge in [-0.05, 0) is 32.4 Å². The van der Waals surface area contributed by atoms with Crippen molar-refractivity contribution in [2.75, 3.05) is 33.2 Å². The zero-order valence-electron chi connectivity index (χ0n) is 15.2. The van der Waals surface area contributed by atoms with E-state index in [0.717, 1.165) is 56.2 Å². The van der Waals surface area contributed by atoms with Gasteiger partial charge in [-0.2, -0.15) is 5.10 Å². The Balaban J connectivity index is 1.60. The van der Waals surface area contributed by atoms with Crippen LogP contribution < -0.4 is 0 Å². The van der Waals surface area contributed by atoms with Crippen molar-refractivity contribution in [3.63, 3.8) is 0 Å². The van der Waals surface area contributed by atoms with Crippen molar-refractivity contribution in [1.29, 1.82) is 0 Å². The van der Waals surface area contributed by atoms with Crippen molar-refractivity contribution in [3.8, 4) is 11.4 Å². The van der Waals surface area contributed by atoms with E-state index < -0.39 is 0 Å². The van der Waals surface area contributed by atoms with Gasteiger partial charge in [0.1, 0.15) is 11.4 Å². The normalized spacial score (nSPS) is 18.4. The van der Waals surface area contributed by atoms with Gasteiger partial charge in [-0.15, -0.1) is 5.10 Å². The second-order valence-electron chi connectivity index (χ2n) is 7.39. The SMILES string of the molecule is CC(C)Cc1cc(-c2cn(CC(C)N3CCN(C)CC3)nn2)n[nH]1. The number of likely N-dealkylation sites (N-methyl/N-ethyl adjacent to an activating group) is 1. The minimum atomic E-state index is 0.462. The van der Waals surface area contributed by atoms with Crippen molar-refractivity contribution in [2.24, 2.45) is 5.92 Å². The van der Waals surface area contributed by atoms with Gasteiger partial charge in [0, 0.05) is 37.9 Å². The molecule has 1 atom stereocenters. The topological polar surface area (TPSA) is 65.9 Å². The zero-order chi connectivity index (χ0) is 17.1. The average molecular weight is 331 g/mol. The predicted octanol–water partition coefficient (Wildman–Crippen LogP) is 1.50. The highest BCUT2D eigenvalue weighted by atomic mass is 15.4. The number of aromatic amines is 1. The third kappa shape index (κ3) is 4.21. The molecule has 1 fully saturated rings. The molecule has 132 valence electrons. The molecule has 0 aromatic carbocycles. The molecule has 0 bridgehead atoms. The van der Waals surface area contributed by atoms with Crippen molar-refractivity contribution in [1.82, 2.24) is 35.0 Å². The van der Waals surface area contributed by atoms with E-state index in [4.69, 9.17) is 0 Å². The number of nitrogens with one attached hydrogen (secondary N) is 1. The fraction of sp³-hybridized carbons (Fsp3) is 0.706. The van der Waals surface area contributed by atoms with Gasteiger partial charge >= 0.3 is 0 Å². The van der Waals surface area contributed by atoms with Crippen molar-refractivity contribution in [3.05, 3.63) is 18.0 Å². The van der Waals surface area contributed by atoms with E-state index in [-0.39, 0.29) is 0 Å². The van der Waals surface area contributed by atoms with Gasteiger partial charge in [-0.1, -0.05) is 19.1 Å². The van der Waals surface area contributed by atoms with Crippen molar-refractivity contribution < 1.29 is 0 Å². The molecule has 7 nitrogen and oxygen atoms in total. The van der Waals surface area contributed by atoms with E-state index in [0.29, 0.717) is 12.0 Å². The van der Waals surface area contributed by atoms with Gasteiger partial charge in [0.15, 0.2) is 0 Å². The summed E-state index contributed by atoms with van der Waals surface area (Å²) in [5, 5.41) is 16.1. The van der Waals surface area contributed by atoms with Crippen LogP contribution >= 0.6 is 0 Å². The molecule has 7 heteroatoms. The van der Waals surface area contributed by atoms with Crippen LogP contribution in [-0.4, -0.2) is 74.3 Å². The zero-order valence-corrected chi connectivity index (χ0v) is 15.2.